The Morgan fingerprint density at radius 3 is 2.58 bits per heavy atom. The Labute approximate surface area is 227 Å². The topological polar surface area (TPSA) is 176 Å². The number of nitrogens with one attached hydrogen (secondary N) is 1. The molecule has 5 rings (SSSR count). The number of carbonyl (C=O) groups excluding carboxylic acids is 3. The maximum absolute atomic E-state index is 13.6. The first kappa shape index (κ1) is 26.3. The van der Waals surface area contributed by atoms with Crippen molar-refractivity contribution in [2.45, 2.75) is 25.6 Å². The van der Waals surface area contributed by atoms with E-state index >= 15 is 0 Å². The smallest absolute Gasteiger partial charge is 0.346 e. The van der Waals surface area contributed by atoms with E-state index < -0.39 is 17.6 Å². The number of nitrogen functional groups attached to an aromatic ring is 1. The van der Waals surface area contributed by atoms with Gasteiger partial charge in [-0.05, 0) is 30.2 Å². The molecule has 2 aromatic carbocycles. The number of benzene rings is 2. The van der Waals surface area contributed by atoms with Crippen LogP contribution in [0.4, 0.5) is 15.0 Å². The number of carbonyl (C=O) groups is 3. The Morgan fingerprint density at radius 1 is 1.18 bits per heavy atom. The number of primary amides is 1. The SMILES string of the molecule is COc1ccc(F)cc1C(=O)NCc1ccc(-c2nn(CC3CCN3C(=O)n3cncn3)c(N)c2C(N)=O)cc1. The van der Waals surface area contributed by atoms with Crippen LogP contribution >= 0.6 is 0 Å². The van der Waals surface area contributed by atoms with E-state index in [4.69, 9.17) is 16.2 Å². The Bertz CT molecular complexity index is 1570. The number of ether oxygens (including phenoxy) is 1. The zero-order valence-electron chi connectivity index (χ0n) is 21.5. The van der Waals surface area contributed by atoms with Crippen molar-refractivity contribution in [2.75, 3.05) is 19.4 Å². The van der Waals surface area contributed by atoms with Crippen molar-refractivity contribution in [2.24, 2.45) is 5.73 Å². The van der Waals surface area contributed by atoms with Crippen LogP contribution in [0.15, 0.2) is 55.1 Å². The van der Waals surface area contributed by atoms with Crippen LogP contribution in [0.25, 0.3) is 11.3 Å². The molecule has 1 aliphatic rings. The Balaban J connectivity index is 1.30. The van der Waals surface area contributed by atoms with Gasteiger partial charge in [0.1, 0.15) is 41.3 Å². The zero-order valence-corrected chi connectivity index (χ0v) is 21.5. The molecule has 0 spiro atoms. The highest BCUT2D eigenvalue weighted by molar-refractivity contribution is 6.03. The van der Waals surface area contributed by atoms with Crippen LogP contribution in [0.5, 0.6) is 5.75 Å². The number of hydrogen-bond acceptors (Lipinski definition) is 8. The number of nitrogens with zero attached hydrogens (tertiary/aromatic N) is 6. The van der Waals surface area contributed by atoms with Gasteiger partial charge in [-0.3, -0.25) is 9.59 Å². The Morgan fingerprint density at radius 2 is 1.95 bits per heavy atom. The summed E-state index contributed by atoms with van der Waals surface area (Å²) in [6, 6.07) is 10.2. The molecule has 4 aromatic rings. The molecule has 1 aliphatic heterocycles. The number of hydrogen-bond donors (Lipinski definition) is 3. The van der Waals surface area contributed by atoms with E-state index in [-0.39, 0.29) is 47.9 Å². The van der Waals surface area contributed by atoms with Gasteiger partial charge in [0, 0.05) is 18.7 Å². The normalized spacial score (nSPS) is 14.4. The quantitative estimate of drug-likeness (QED) is 0.298. The predicted molar refractivity (Wildman–Crippen MR) is 141 cm³/mol. The number of methoxy groups -OCH3 is 1. The second-order valence-corrected chi connectivity index (χ2v) is 9.14. The van der Waals surface area contributed by atoms with Gasteiger partial charge in [0.05, 0.1) is 25.3 Å². The highest BCUT2D eigenvalue weighted by Crippen LogP contribution is 2.29. The molecule has 206 valence electrons. The van der Waals surface area contributed by atoms with Gasteiger partial charge in [0.25, 0.3) is 11.8 Å². The molecule has 1 fully saturated rings. The van der Waals surface area contributed by atoms with Gasteiger partial charge < -0.3 is 26.4 Å². The van der Waals surface area contributed by atoms with Crippen molar-refractivity contribution in [3.05, 3.63) is 77.6 Å². The fourth-order valence-corrected chi connectivity index (χ4v) is 4.50. The van der Waals surface area contributed by atoms with Crippen molar-refractivity contribution in [1.29, 1.82) is 0 Å². The molecule has 1 saturated heterocycles. The number of halogens is 1. The highest BCUT2D eigenvalue weighted by atomic mass is 19.1. The third kappa shape index (κ3) is 5.06. The molecule has 3 amide bonds. The number of amides is 3. The first-order valence-corrected chi connectivity index (χ1v) is 12.3. The van der Waals surface area contributed by atoms with Gasteiger partial charge in [0.2, 0.25) is 0 Å². The van der Waals surface area contributed by atoms with Crippen molar-refractivity contribution in [3.8, 4) is 17.0 Å². The minimum absolute atomic E-state index is 0.0766. The molecule has 5 N–H and O–H groups in total. The van der Waals surface area contributed by atoms with Gasteiger partial charge in [0.15, 0.2) is 0 Å². The zero-order chi connectivity index (χ0) is 28.4. The van der Waals surface area contributed by atoms with E-state index in [2.05, 4.69) is 20.5 Å². The van der Waals surface area contributed by atoms with Crippen LogP contribution in [-0.2, 0) is 13.1 Å². The molecular weight excluding hydrogens is 521 g/mol. The van der Waals surface area contributed by atoms with Crippen molar-refractivity contribution in [3.63, 3.8) is 0 Å². The Hall–Kier alpha value is -5.27. The fraction of sp³-hybridized carbons (Fsp3) is 0.231. The van der Waals surface area contributed by atoms with Gasteiger partial charge >= 0.3 is 6.03 Å². The van der Waals surface area contributed by atoms with Crippen LogP contribution < -0.4 is 21.5 Å². The summed E-state index contributed by atoms with van der Waals surface area (Å²) in [6.07, 6.45) is 3.34. The number of likely N-dealkylation sites (tertiary alicyclic amines) is 1. The van der Waals surface area contributed by atoms with E-state index in [0.29, 0.717) is 17.8 Å². The van der Waals surface area contributed by atoms with E-state index in [1.807, 2.05) is 0 Å². The lowest BCUT2D eigenvalue weighted by Gasteiger charge is -2.40. The fourth-order valence-electron chi connectivity index (χ4n) is 4.50. The second-order valence-electron chi connectivity index (χ2n) is 9.14. The largest absolute Gasteiger partial charge is 0.496 e. The van der Waals surface area contributed by atoms with Gasteiger partial charge in [-0.15, -0.1) is 0 Å². The van der Waals surface area contributed by atoms with Crippen molar-refractivity contribution >= 4 is 23.7 Å². The summed E-state index contributed by atoms with van der Waals surface area (Å²) in [5.41, 5.74) is 13.7. The standard InChI is InChI=1S/C26H26FN9O4/c1-40-20-7-6-17(27)10-19(20)25(38)31-11-15-2-4-16(5-3-15)22-21(24(29)37)23(28)35(33-22)12-18-8-9-34(18)26(39)36-14-30-13-32-36/h2-7,10,13-14,18H,8-9,11-12,28H2,1H3,(H2,29,37)(H,31,38). The molecular formula is C26H26FN9O4. The maximum Gasteiger partial charge on any atom is 0.346 e. The maximum atomic E-state index is 13.6. The minimum atomic E-state index is -0.733. The first-order valence-electron chi connectivity index (χ1n) is 12.3. The summed E-state index contributed by atoms with van der Waals surface area (Å²) in [5.74, 6) is -1.42. The third-order valence-corrected chi connectivity index (χ3v) is 6.71. The molecule has 0 aliphatic carbocycles. The van der Waals surface area contributed by atoms with Crippen LogP contribution in [0.2, 0.25) is 0 Å². The highest BCUT2D eigenvalue weighted by Gasteiger charge is 2.35. The molecule has 1 unspecified atom stereocenters. The summed E-state index contributed by atoms with van der Waals surface area (Å²) < 4.78 is 21.4. The summed E-state index contributed by atoms with van der Waals surface area (Å²) in [6.45, 7) is 0.972. The van der Waals surface area contributed by atoms with Gasteiger partial charge in [-0.1, -0.05) is 24.3 Å². The number of nitrogens with two attached hydrogens (primary N) is 2. The molecule has 0 radical (unpaired) electrons. The van der Waals surface area contributed by atoms with Crippen LogP contribution in [0, 0.1) is 5.82 Å². The lowest BCUT2D eigenvalue weighted by molar-refractivity contribution is 0.0946. The summed E-state index contributed by atoms with van der Waals surface area (Å²) in [7, 11) is 1.40. The third-order valence-electron chi connectivity index (χ3n) is 6.71. The predicted octanol–water partition coefficient (Wildman–Crippen LogP) is 1.64. The van der Waals surface area contributed by atoms with Gasteiger partial charge in [-0.25, -0.2) is 18.9 Å². The van der Waals surface area contributed by atoms with E-state index in [0.717, 1.165) is 22.7 Å². The van der Waals surface area contributed by atoms with E-state index in [9.17, 15) is 18.8 Å². The van der Waals surface area contributed by atoms with Crippen LogP contribution in [0.3, 0.4) is 0 Å². The van der Waals surface area contributed by atoms with E-state index in [1.165, 1.54) is 36.6 Å². The number of anilines is 1. The molecule has 0 bridgehead atoms. The first-order chi connectivity index (χ1) is 19.3. The summed E-state index contributed by atoms with van der Waals surface area (Å²) in [4.78, 5) is 42.9. The molecule has 0 saturated carbocycles. The molecule has 3 heterocycles. The monoisotopic (exact) mass is 547 g/mol. The number of aromatic nitrogens is 5. The molecule has 1 atom stereocenters. The van der Waals surface area contributed by atoms with Crippen molar-refractivity contribution < 1.29 is 23.5 Å². The molecule has 13 nitrogen and oxygen atoms in total. The number of rotatable bonds is 8. The van der Waals surface area contributed by atoms with Gasteiger partial charge in [-0.2, -0.15) is 14.9 Å². The molecule has 14 heteroatoms. The average Bonchev–Trinajstić information content (AvgIpc) is 3.58. The van der Waals surface area contributed by atoms with E-state index in [1.54, 1.807) is 29.2 Å². The van der Waals surface area contributed by atoms with Crippen molar-refractivity contribution in [1.82, 2.24) is 34.8 Å². The summed E-state index contributed by atoms with van der Waals surface area (Å²) >= 11 is 0. The van der Waals surface area contributed by atoms with Crippen LogP contribution in [0.1, 0.15) is 32.7 Å². The lowest BCUT2D eigenvalue weighted by Crippen LogP contribution is -2.54. The molecule has 2 aromatic heterocycles. The van der Waals surface area contributed by atoms with Crippen LogP contribution in [-0.4, -0.2) is 67.0 Å². The Kier molecular flexibility index (Phi) is 7.14. The minimum Gasteiger partial charge on any atom is -0.496 e. The molecule has 40 heavy (non-hydrogen) atoms. The second kappa shape index (κ2) is 10.8. The average molecular weight is 548 g/mol. The summed E-state index contributed by atoms with van der Waals surface area (Å²) in [5, 5.41) is 11.2. The lowest BCUT2D eigenvalue weighted by atomic mass is 10.0.